The third-order valence-corrected chi connectivity index (χ3v) is 4.79. The van der Waals surface area contributed by atoms with Gasteiger partial charge in [-0.3, -0.25) is 15.2 Å². The maximum atomic E-state index is 11.9. The van der Waals surface area contributed by atoms with Crippen LogP contribution in [-0.2, 0) is 4.79 Å². The van der Waals surface area contributed by atoms with Crippen molar-refractivity contribution in [3.8, 4) is 11.3 Å². The molecule has 1 aromatic heterocycles. The van der Waals surface area contributed by atoms with Crippen LogP contribution in [0, 0.1) is 12.3 Å². The van der Waals surface area contributed by atoms with Gasteiger partial charge in [-0.1, -0.05) is 34.4 Å². The number of aliphatic imine (C=N–C) groups is 1. The van der Waals surface area contributed by atoms with Crippen molar-refractivity contribution in [2.45, 2.75) is 19.8 Å². The summed E-state index contributed by atoms with van der Waals surface area (Å²) in [7, 11) is 0. The zero-order valence-corrected chi connectivity index (χ0v) is 18.2. The Morgan fingerprint density at radius 1 is 1.16 bits per heavy atom. The predicted octanol–water partition coefficient (Wildman–Crippen LogP) is 6.33. The van der Waals surface area contributed by atoms with E-state index in [2.05, 4.69) is 15.5 Å². The molecule has 0 fully saturated rings. The third-order valence-electron chi connectivity index (χ3n) is 4.30. The minimum Gasteiger partial charge on any atom is -0.354 e. The van der Waals surface area contributed by atoms with E-state index in [1.165, 1.54) is 12.3 Å². The van der Waals surface area contributed by atoms with Gasteiger partial charge in [-0.15, -0.1) is 0 Å². The molecule has 2 aromatic carbocycles. The van der Waals surface area contributed by atoms with E-state index in [0.717, 1.165) is 11.1 Å². The van der Waals surface area contributed by atoms with E-state index in [9.17, 15) is 4.79 Å². The van der Waals surface area contributed by atoms with Gasteiger partial charge >= 0.3 is 0 Å². The highest BCUT2D eigenvalue weighted by atomic mass is 35.5. The zero-order valence-electron chi connectivity index (χ0n) is 16.7. The van der Waals surface area contributed by atoms with E-state index in [0.29, 0.717) is 40.0 Å². The minimum atomic E-state index is -0.114. The van der Waals surface area contributed by atoms with Gasteiger partial charge < -0.3 is 9.84 Å². The number of nitrogens with one attached hydrogen (secondary N) is 2. The molecule has 0 aliphatic rings. The molecular formula is C23H20Cl2N4O2. The first-order chi connectivity index (χ1) is 14.9. The zero-order chi connectivity index (χ0) is 22.2. The number of nitrogens with zero attached hydrogens (tertiary/aromatic N) is 2. The fraction of sp³-hybridized carbons (Fsp3) is 0.130. The van der Waals surface area contributed by atoms with Crippen molar-refractivity contribution in [2.24, 2.45) is 4.99 Å². The summed E-state index contributed by atoms with van der Waals surface area (Å²) < 4.78 is 5.27. The standard InChI is InChI=1S/C23H20Cl2N4O2/c1-15-13-17(25)6-9-19(15)21-14-22(31-29-21)20(26)10-12-27-11-2-3-23(30)28-18-7-4-16(24)5-8-18/h4-14,26H,2-3H2,1H3,(H,28,30)/b12-10-,26-20?,27-11?. The Bertz CT molecular complexity index is 1130. The van der Waals surface area contributed by atoms with Crippen LogP contribution in [0.5, 0.6) is 0 Å². The molecular weight excluding hydrogens is 435 g/mol. The van der Waals surface area contributed by atoms with Gasteiger partial charge in [0.15, 0.2) is 5.76 Å². The lowest BCUT2D eigenvalue weighted by Crippen LogP contribution is -2.10. The average molecular weight is 455 g/mol. The van der Waals surface area contributed by atoms with Crippen molar-refractivity contribution in [3.63, 3.8) is 0 Å². The number of hydrogen-bond donors (Lipinski definition) is 2. The first-order valence-electron chi connectivity index (χ1n) is 9.48. The van der Waals surface area contributed by atoms with Crippen LogP contribution in [0.25, 0.3) is 11.3 Å². The fourth-order valence-corrected chi connectivity index (χ4v) is 3.08. The molecule has 6 nitrogen and oxygen atoms in total. The number of carbonyl (C=O) groups excluding carboxylic acids is 1. The molecule has 0 atom stereocenters. The maximum Gasteiger partial charge on any atom is 0.224 e. The van der Waals surface area contributed by atoms with Crippen molar-refractivity contribution in [1.29, 1.82) is 5.41 Å². The maximum absolute atomic E-state index is 11.9. The van der Waals surface area contributed by atoms with Crippen LogP contribution < -0.4 is 5.32 Å². The normalized spacial score (nSPS) is 11.3. The first kappa shape index (κ1) is 22.5. The van der Waals surface area contributed by atoms with Crippen LogP contribution in [-0.4, -0.2) is 23.0 Å². The molecule has 0 radical (unpaired) electrons. The Labute approximate surface area is 190 Å². The summed E-state index contributed by atoms with van der Waals surface area (Å²) in [5, 5.41) is 16.2. The molecule has 2 N–H and O–H groups in total. The lowest BCUT2D eigenvalue weighted by Gasteiger charge is -2.03. The Balaban J connectivity index is 1.47. The highest BCUT2D eigenvalue weighted by Crippen LogP contribution is 2.25. The number of halogens is 2. The van der Waals surface area contributed by atoms with E-state index in [1.54, 1.807) is 42.6 Å². The van der Waals surface area contributed by atoms with Gasteiger partial charge in [-0.25, -0.2) is 0 Å². The van der Waals surface area contributed by atoms with E-state index in [1.807, 2.05) is 19.1 Å². The fourth-order valence-electron chi connectivity index (χ4n) is 2.73. The lowest BCUT2D eigenvalue weighted by atomic mass is 10.1. The molecule has 0 bridgehead atoms. The van der Waals surface area contributed by atoms with E-state index in [4.69, 9.17) is 33.1 Å². The van der Waals surface area contributed by atoms with Crippen molar-refractivity contribution in [3.05, 3.63) is 82.2 Å². The molecule has 0 aliphatic heterocycles. The highest BCUT2D eigenvalue weighted by molar-refractivity contribution is 6.31. The number of rotatable bonds is 8. The molecule has 0 spiro atoms. The number of amides is 1. The topological polar surface area (TPSA) is 91.3 Å². The largest absolute Gasteiger partial charge is 0.354 e. The van der Waals surface area contributed by atoms with Crippen molar-refractivity contribution in [2.75, 3.05) is 5.32 Å². The van der Waals surface area contributed by atoms with Gasteiger partial charge in [0.2, 0.25) is 5.91 Å². The van der Waals surface area contributed by atoms with Gasteiger partial charge in [-0.2, -0.15) is 0 Å². The number of carbonyl (C=O) groups is 1. The molecule has 1 heterocycles. The van der Waals surface area contributed by atoms with Gasteiger partial charge in [-0.05, 0) is 61.4 Å². The molecule has 1 amide bonds. The number of aromatic nitrogens is 1. The van der Waals surface area contributed by atoms with Crippen LogP contribution in [0.1, 0.15) is 24.2 Å². The third kappa shape index (κ3) is 6.64. The average Bonchev–Trinajstić information content (AvgIpc) is 3.22. The quantitative estimate of drug-likeness (QED) is 0.389. The smallest absolute Gasteiger partial charge is 0.224 e. The highest BCUT2D eigenvalue weighted by Gasteiger charge is 2.11. The minimum absolute atomic E-state index is 0.114. The SMILES string of the molecule is Cc1cc(Cl)ccc1-c1cc(C(=N)/C=C\N=CCCC(=O)Nc2ccc(Cl)cc2)on1. The van der Waals surface area contributed by atoms with Crippen molar-refractivity contribution >= 4 is 46.7 Å². The Morgan fingerprint density at radius 2 is 1.90 bits per heavy atom. The summed E-state index contributed by atoms with van der Waals surface area (Å²) in [5.41, 5.74) is 3.34. The molecule has 31 heavy (non-hydrogen) atoms. The molecule has 0 aliphatic carbocycles. The van der Waals surface area contributed by atoms with Gasteiger partial charge in [0, 0.05) is 46.2 Å². The van der Waals surface area contributed by atoms with Crippen LogP contribution in [0.3, 0.4) is 0 Å². The Kier molecular flexibility index (Phi) is 7.76. The number of anilines is 1. The Morgan fingerprint density at radius 3 is 2.65 bits per heavy atom. The molecule has 158 valence electrons. The van der Waals surface area contributed by atoms with Crippen LogP contribution in [0.15, 0.2) is 70.3 Å². The summed E-state index contributed by atoms with van der Waals surface area (Å²) in [6.45, 7) is 1.94. The van der Waals surface area contributed by atoms with Gasteiger partial charge in [0.05, 0.1) is 0 Å². The Hall–Kier alpha value is -3.22. The summed E-state index contributed by atoms with van der Waals surface area (Å²) in [6.07, 6.45) is 5.37. The molecule has 0 unspecified atom stereocenters. The molecule has 8 heteroatoms. The van der Waals surface area contributed by atoms with E-state index < -0.39 is 0 Å². The lowest BCUT2D eigenvalue weighted by molar-refractivity contribution is -0.116. The van der Waals surface area contributed by atoms with Crippen molar-refractivity contribution < 1.29 is 9.32 Å². The summed E-state index contributed by atoms with van der Waals surface area (Å²) in [4.78, 5) is 16.0. The van der Waals surface area contributed by atoms with Crippen LogP contribution in [0.4, 0.5) is 5.69 Å². The molecule has 3 aromatic rings. The number of aryl methyl sites for hydroxylation is 1. The monoisotopic (exact) mass is 454 g/mol. The number of hydrogen-bond acceptors (Lipinski definition) is 5. The van der Waals surface area contributed by atoms with Crippen LogP contribution >= 0.6 is 23.2 Å². The second-order valence-corrected chi connectivity index (χ2v) is 7.56. The molecule has 0 saturated carbocycles. The van der Waals surface area contributed by atoms with Crippen molar-refractivity contribution in [1.82, 2.24) is 5.16 Å². The molecule has 3 rings (SSSR count). The van der Waals surface area contributed by atoms with E-state index in [-0.39, 0.29) is 11.6 Å². The predicted molar refractivity (Wildman–Crippen MR) is 125 cm³/mol. The summed E-state index contributed by atoms with van der Waals surface area (Å²) in [5.74, 6) is 0.218. The van der Waals surface area contributed by atoms with Gasteiger partial charge in [0.1, 0.15) is 11.4 Å². The second kappa shape index (κ2) is 10.7. The van der Waals surface area contributed by atoms with Gasteiger partial charge in [0.25, 0.3) is 0 Å². The van der Waals surface area contributed by atoms with Crippen LogP contribution in [0.2, 0.25) is 10.0 Å². The number of allylic oxidation sites excluding steroid dienone is 1. The summed E-state index contributed by atoms with van der Waals surface area (Å²) >= 11 is 11.8. The first-order valence-corrected chi connectivity index (χ1v) is 10.2. The summed E-state index contributed by atoms with van der Waals surface area (Å²) in [6, 6.07) is 14.1. The number of benzene rings is 2. The van der Waals surface area contributed by atoms with E-state index >= 15 is 0 Å². The molecule has 0 saturated heterocycles. The second-order valence-electron chi connectivity index (χ2n) is 6.69.